The Bertz CT molecular complexity index is 187. The molecule has 1 aliphatic heterocycles. The van der Waals surface area contributed by atoms with Crippen molar-refractivity contribution in [1.29, 1.82) is 0 Å². The van der Waals surface area contributed by atoms with E-state index in [1.54, 1.807) is 0 Å². The molecular formula is C11H22Cl4FeN2-. The van der Waals surface area contributed by atoms with E-state index in [4.69, 9.17) is 30.3 Å². The van der Waals surface area contributed by atoms with Crippen LogP contribution in [0.4, 0.5) is 0 Å². The van der Waals surface area contributed by atoms with Gasteiger partial charge in [0, 0.05) is 25.5 Å². The quantitative estimate of drug-likeness (QED) is 0.648. The molecule has 1 heterocycles. The summed E-state index contributed by atoms with van der Waals surface area (Å²) in [5.41, 5.74) is 0. The van der Waals surface area contributed by atoms with E-state index < -0.39 is 11.2 Å². The van der Waals surface area contributed by atoms with Crippen LogP contribution in [-0.2, 0) is 11.2 Å². The molecule has 0 aromatic rings. The van der Waals surface area contributed by atoms with E-state index in [9.17, 15) is 0 Å². The van der Waals surface area contributed by atoms with Crippen LogP contribution >= 0.6 is 30.3 Å². The van der Waals surface area contributed by atoms with Gasteiger partial charge in [0.05, 0.1) is 6.67 Å². The standard InChI is InChI=1S/C11H22N2.4ClH.Fe/c1-3-5-7-12-9-10-13(11-12)8-6-4-2;;;;;/h9-10H,3-8,11H2,1-2H3;4*1H;/q;;;;;+3/p-4. The second-order valence-corrected chi connectivity index (χ2v) is 9.39. The van der Waals surface area contributed by atoms with Gasteiger partial charge >= 0.3 is 41.5 Å². The maximum atomic E-state index is 4.89. The second kappa shape index (κ2) is 14.4. The number of nitrogens with zero attached hydrogens (tertiary/aromatic N) is 2. The number of unbranched alkanes of at least 4 members (excludes halogenated alkanes) is 2. The summed E-state index contributed by atoms with van der Waals surface area (Å²) in [6, 6.07) is 0. The molecule has 0 unspecified atom stereocenters. The predicted octanol–water partition coefficient (Wildman–Crippen LogP) is 1.70. The van der Waals surface area contributed by atoms with Crippen LogP contribution in [0.3, 0.4) is 0 Å². The fraction of sp³-hybridized carbons (Fsp3) is 0.818. The first kappa shape index (κ1) is 21.3. The monoisotopic (exact) mass is 378 g/mol. The van der Waals surface area contributed by atoms with Crippen LogP contribution in [0.25, 0.3) is 0 Å². The van der Waals surface area contributed by atoms with Crippen molar-refractivity contribution in [2.75, 3.05) is 19.8 Å². The van der Waals surface area contributed by atoms with Gasteiger partial charge in [-0.05, 0) is 12.8 Å². The molecule has 7 heteroatoms. The first-order valence-electron chi connectivity index (χ1n) is 5.93. The molecule has 2 nitrogen and oxygen atoms in total. The number of hydrogen-bond donors (Lipinski definition) is 0. The summed E-state index contributed by atoms with van der Waals surface area (Å²) in [5, 5.41) is 0. The average Bonchev–Trinajstić information content (AvgIpc) is 2.70. The fourth-order valence-corrected chi connectivity index (χ4v) is 1.53. The summed E-state index contributed by atoms with van der Waals surface area (Å²) in [6.45, 7) is 8.04. The molecule has 0 spiro atoms. The summed E-state index contributed by atoms with van der Waals surface area (Å²) in [7, 11) is 14.7. The molecule has 0 aliphatic carbocycles. The molecule has 0 saturated carbocycles. The van der Waals surface area contributed by atoms with Gasteiger partial charge in [-0.3, -0.25) is 0 Å². The molecule has 0 bridgehead atoms. The Labute approximate surface area is 135 Å². The minimum absolute atomic E-state index is 0. The molecule has 0 fully saturated rings. The Balaban J connectivity index is 0. The Morgan fingerprint density at radius 1 is 0.944 bits per heavy atom. The van der Waals surface area contributed by atoms with Gasteiger partial charge in [0.2, 0.25) is 0 Å². The molecule has 0 N–H and O–H groups in total. The third-order valence-corrected chi connectivity index (χ3v) is 2.45. The van der Waals surface area contributed by atoms with Gasteiger partial charge < -0.3 is 22.2 Å². The average molecular weight is 380 g/mol. The van der Waals surface area contributed by atoms with E-state index in [0.29, 0.717) is 0 Å². The van der Waals surface area contributed by atoms with E-state index in [2.05, 4.69) is 36.0 Å². The molecule has 18 heavy (non-hydrogen) atoms. The molecule has 0 atom stereocenters. The molecule has 0 amide bonds. The predicted molar refractivity (Wildman–Crippen MR) is 74.8 cm³/mol. The zero-order valence-corrected chi connectivity index (χ0v) is 15.0. The summed E-state index contributed by atoms with van der Waals surface area (Å²) in [4.78, 5) is 4.80. The molecular weight excluding hydrogens is 358 g/mol. The summed E-state index contributed by atoms with van der Waals surface area (Å²) >= 11 is -1.33. The fourth-order valence-electron chi connectivity index (χ4n) is 1.53. The second-order valence-electron chi connectivity index (χ2n) is 3.92. The topological polar surface area (TPSA) is 6.48 Å². The Morgan fingerprint density at radius 3 is 1.56 bits per heavy atom. The van der Waals surface area contributed by atoms with Gasteiger partial charge in [-0.25, -0.2) is 0 Å². The van der Waals surface area contributed by atoms with Crippen molar-refractivity contribution in [3.63, 3.8) is 0 Å². The van der Waals surface area contributed by atoms with Crippen LogP contribution in [0.15, 0.2) is 12.4 Å². The van der Waals surface area contributed by atoms with Gasteiger partial charge in [0.25, 0.3) is 0 Å². The first-order chi connectivity index (χ1) is 8.10. The molecule has 0 aromatic carbocycles. The van der Waals surface area contributed by atoms with E-state index in [-0.39, 0.29) is 12.4 Å². The van der Waals surface area contributed by atoms with Crippen LogP contribution in [0.5, 0.6) is 0 Å². The number of halogens is 4. The zero-order chi connectivity index (χ0) is 13.1. The number of hydrogen-bond acceptors (Lipinski definition) is 2. The van der Waals surface area contributed by atoms with Gasteiger partial charge in [0.1, 0.15) is 0 Å². The van der Waals surface area contributed by atoms with Crippen molar-refractivity contribution in [2.45, 2.75) is 39.5 Å². The summed E-state index contributed by atoms with van der Waals surface area (Å²) in [6.07, 6.45) is 9.66. The van der Waals surface area contributed by atoms with Crippen molar-refractivity contribution < 1.29 is 23.6 Å². The number of rotatable bonds is 6. The Morgan fingerprint density at radius 2 is 1.28 bits per heavy atom. The van der Waals surface area contributed by atoms with Gasteiger partial charge in [0.15, 0.2) is 0 Å². The van der Waals surface area contributed by atoms with Crippen molar-refractivity contribution in [2.24, 2.45) is 0 Å². The van der Waals surface area contributed by atoms with Crippen molar-refractivity contribution in [1.82, 2.24) is 9.80 Å². The van der Waals surface area contributed by atoms with E-state index in [1.807, 2.05) is 0 Å². The third-order valence-electron chi connectivity index (χ3n) is 2.45. The van der Waals surface area contributed by atoms with Gasteiger partial charge in [-0.2, -0.15) is 0 Å². The molecule has 0 saturated heterocycles. The van der Waals surface area contributed by atoms with E-state index in [1.165, 1.54) is 38.8 Å². The maximum absolute atomic E-state index is 4.89. The van der Waals surface area contributed by atoms with Crippen LogP contribution in [0.1, 0.15) is 39.5 Å². The van der Waals surface area contributed by atoms with Crippen LogP contribution in [-0.4, -0.2) is 29.6 Å². The Hall–Kier alpha value is 1.02. The van der Waals surface area contributed by atoms with Crippen LogP contribution in [0, 0.1) is 0 Å². The van der Waals surface area contributed by atoms with Crippen molar-refractivity contribution >= 4 is 30.3 Å². The molecule has 0 aromatic heterocycles. The summed E-state index contributed by atoms with van der Waals surface area (Å²) in [5.74, 6) is 0. The van der Waals surface area contributed by atoms with E-state index >= 15 is 0 Å². The van der Waals surface area contributed by atoms with Crippen LogP contribution in [0.2, 0.25) is 0 Å². The van der Waals surface area contributed by atoms with Crippen LogP contribution < -0.4 is 12.4 Å². The minimum atomic E-state index is -1.33. The molecule has 1 rings (SSSR count). The van der Waals surface area contributed by atoms with Gasteiger partial charge in [-0.15, -0.1) is 0 Å². The van der Waals surface area contributed by atoms with Gasteiger partial charge in [-0.1, -0.05) is 26.7 Å². The third kappa shape index (κ3) is 13.5. The SMILES string of the molecule is CCCCN1C=CN(CCCC)C1.[Cl-].[Cl][Fe]([Cl])[Cl]. The molecule has 1 aliphatic rings. The van der Waals surface area contributed by atoms with Crippen molar-refractivity contribution in [3.8, 4) is 0 Å². The first-order valence-corrected chi connectivity index (χ1v) is 10.5. The normalized spacial score (nSPS) is 13.9. The zero-order valence-electron chi connectivity index (χ0n) is 10.9. The molecule has 0 radical (unpaired) electrons. The summed E-state index contributed by atoms with van der Waals surface area (Å²) < 4.78 is 0. The van der Waals surface area contributed by atoms with E-state index in [0.717, 1.165) is 6.67 Å². The molecule has 113 valence electrons. The van der Waals surface area contributed by atoms with Crippen molar-refractivity contribution in [3.05, 3.63) is 12.4 Å². The Kier molecular flexibility index (Phi) is 17.1.